The molecule has 1 fully saturated rings. The summed E-state index contributed by atoms with van der Waals surface area (Å²) in [6, 6.07) is 0. The van der Waals surface area contributed by atoms with Crippen LogP contribution in [0.3, 0.4) is 0 Å². The summed E-state index contributed by atoms with van der Waals surface area (Å²) in [5.41, 5.74) is 0.0758. The van der Waals surface area contributed by atoms with Crippen molar-refractivity contribution in [1.29, 1.82) is 0 Å². The molecule has 0 radical (unpaired) electrons. The predicted molar refractivity (Wildman–Crippen MR) is 41.0 cm³/mol. The summed E-state index contributed by atoms with van der Waals surface area (Å²) >= 11 is 0. The molecule has 0 atom stereocenters. The van der Waals surface area contributed by atoms with E-state index in [1.54, 1.807) is 0 Å². The van der Waals surface area contributed by atoms with Gasteiger partial charge in [-0.05, 0) is 18.3 Å². The Kier molecular flexibility index (Phi) is 2.87. The van der Waals surface area contributed by atoms with Crippen molar-refractivity contribution in [2.24, 2.45) is 5.41 Å². The summed E-state index contributed by atoms with van der Waals surface area (Å²) < 4.78 is 5.18. The Labute approximate surface area is 67.0 Å². The first-order valence-electron chi connectivity index (χ1n) is 4.06. The van der Waals surface area contributed by atoms with Crippen LogP contribution in [0.25, 0.3) is 0 Å². The summed E-state index contributed by atoms with van der Waals surface area (Å²) in [4.78, 5) is 0. The average molecular weight is 160 g/mol. The van der Waals surface area contributed by atoms with E-state index in [1.165, 1.54) is 0 Å². The standard InChI is InChI=1S/C8H16O3/c1-8(6-7(9)10)2-4-11-5-3-8/h7,9-10H,2-6H2,1H3. The zero-order chi connectivity index (χ0) is 8.32. The molecule has 3 heteroatoms. The van der Waals surface area contributed by atoms with Gasteiger partial charge in [-0.25, -0.2) is 0 Å². The lowest BCUT2D eigenvalue weighted by molar-refractivity contribution is -0.0897. The molecule has 0 bridgehead atoms. The van der Waals surface area contributed by atoms with E-state index >= 15 is 0 Å². The predicted octanol–water partition coefficient (Wildman–Crippen LogP) is 0.504. The molecule has 1 rings (SSSR count). The van der Waals surface area contributed by atoms with Crippen LogP contribution in [0.5, 0.6) is 0 Å². The SMILES string of the molecule is CC1(CC(O)O)CCOCC1. The van der Waals surface area contributed by atoms with Gasteiger partial charge in [-0.3, -0.25) is 0 Å². The van der Waals surface area contributed by atoms with E-state index in [2.05, 4.69) is 6.92 Å². The van der Waals surface area contributed by atoms with Crippen LogP contribution in [0.2, 0.25) is 0 Å². The molecule has 0 aromatic heterocycles. The largest absolute Gasteiger partial charge is 0.381 e. The number of aliphatic hydroxyl groups excluding tert-OH is 1. The molecule has 0 aliphatic carbocycles. The van der Waals surface area contributed by atoms with Crippen LogP contribution in [0, 0.1) is 5.41 Å². The Morgan fingerprint density at radius 3 is 2.36 bits per heavy atom. The zero-order valence-electron chi connectivity index (χ0n) is 6.92. The second-order valence-electron chi connectivity index (χ2n) is 3.61. The van der Waals surface area contributed by atoms with E-state index in [4.69, 9.17) is 14.9 Å². The highest BCUT2D eigenvalue weighted by Gasteiger charge is 2.29. The van der Waals surface area contributed by atoms with Gasteiger partial charge in [0.1, 0.15) is 0 Å². The molecule has 0 saturated carbocycles. The molecule has 0 amide bonds. The Morgan fingerprint density at radius 2 is 1.91 bits per heavy atom. The highest BCUT2D eigenvalue weighted by Crippen LogP contribution is 2.33. The fourth-order valence-corrected chi connectivity index (χ4v) is 1.51. The Morgan fingerprint density at radius 1 is 1.36 bits per heavy atom. The number of rotatable bonds is 2. The maximum absolute atomic E-state index is 8.78. The second-order valence-corrected chi connectivity index (χ2v) is 3.61. The molecule has 1 aliphatic heterocycles. The smallest absolute Gasteiger partial charge is 0.151 e. The van der Waals surface area contributed by atoms with E-state index < -0.39 is 6.29 Å². The van der Waals surface area contributed by atoms with E-state index in [-0.39, 0.29) is 5.41 Å². The van der Waals surface area contributed by atoms with Gasteiger partial charge in [0.2, 0.25) is 0 Å². The molecule has 0 unspecified atom stereocenters. The summed E-state index contributed by atoms with van der Waals surface area (Å²) in [6.45, 7) is 3.58. The lowest BCUT2D eigenvalue weighted by atomic mass is 9.79. The van der Waals surface area contributed by atoms with Gasteiger partial charge in [0.15, 0.2) is 6.29 Å². The first kappa shape index (κ1) is 8.97. The van der Waals surface area contributed by atoms with E-state index in [0.29, 0.717) is 6.42 Å². The normalized spacial score (nSPS) is 24.0. The van der Waals surface area contributed by atoms with Crippen LogP contribution in [0.1, 0.15) is 26.2 Å². The molecule has 1 heterocycles. The highest BCUT2D eigenvalue weighted by molar-refractivity contribution is 4.77. The third-order valence-electron chi connectivity index (χ3n) is 2.38. The highest BCUT2D eigenvalue weighted by atomic mass is 16.5. The van der Waals surface area contributed by atoms with Crippen molar-refractivity contribution >= 4 is 0 Å². The van der Waals surface area contributed by atoms with Crippen molar-refractivity contribution in [3.05, 3.63) is 0 Å². The summed E-state index contributed by atoms with van der Waals surface area (Å²) in [5, 5.41) is 17.6. The fraction of sp³-hybridized carbons (Fsp3) is 1.00. The minimum atomic E-state index is -1.17. The van der Waals surface area contributed by atoms with Crippen LogP contribution < -0.4 is 0 Å². The van der Waals surface area contributed by atoms with Crippen molar-refractivity contribution in [3.8, 4) is 0 Å². The van der Waals surface area contributed by atoms with Crippen molar-refractivity contribution in [3.63, 3.8) is 0 Å². The number of aliphatic hydroxyl groups is 2. The first-order valence-corrected chi connectivity index (χ1v) is 4.06. The summed E-state index contributed by atoms with van der Waals surface area (Å²) in [6.07, 6.45) is 1.17. The van der Waals surface area contributed by atoms with Gasteiger partial charge in [0.05, 0.1) is 0 Å². The second kappa shape index (κ2) is 3.52. The van der Waals surface area contributed by atoms with E-state index in [1.807, 2.05) is 0 Å². The van der Waals surface area contributed by atoms with Gasteiger partial charge in [-0.2, -0.15) is 0 Å². The topological polar surface area (TPSA) is 49.7 Å². The van der Waals surface area contributed by atoms with Crippen molar-refractivity contribution in [1.82, 2.24) is 0 Å². The summed E-state index contributed by atoms with van der Waals surface area (Å²) in [5.74, 6) is 0. The quantitative estimate of drug-likeness (QED) is 0.578. The van der Waals surface area contributed by atoms with Gasteiger partial charge in [-0.15, -0.1) is 0 Å². The maximum Gasteiger partial charge on any atom is 0.151 e. The van der Waals surface area contributed by atoms with Gasteiger partial charge >= 0.3 is 0 Å². The molecular weight excluding hydrogens is 144 g/mol. The van der Waals surface area contributed by atoms with Gasteiger partial charge in [0.25, 0.3) is 0 Å². The average Bonchev–Trinajstić information content (AvgIpc) is 1.85. The van der Waals surface area contributed by atoms with Crippen LogP contribution in [0.4, 0.5) is 0 Å². The molecule has 0 spiro atoms. The molecule has 11 heavy (non-hydrogen) atoms. The monoisotopic (exact) mass is 160 g/mol. The van der Waals surface area contributed by atoms with Crippen molar-refractivity contribution in [2.45, 2.75) is 32.5 Å². The van der Waals surface area contributed by atoms with Gasteiger partial charge in [0, 0.05) is 19.6 Å². The lowest BCUT2D eigenvalue weighted by Crippen LogP contribution is -2.30. The number of hydrogen-bond donors (Lipinski definition) is 2. The molecular formula is C8H16O3. The molecule has 1 aliphatic rings. The molecule has 1 saturated heterocycles. The van der Waals surface area contributed by atoms with Crippen LogP contribution in [-0.2, 0) is 4.74 Å². The van der Waals surface area contributed by atoms with Crippen molar-refractivity contribution in [2.75, 3.05) is 13.2 Å². The third-order valence-corrected chi connectivity index (χ3v) is 2.38. The van der Waals surface area contributed by atoms with E-state index in [0.717, 1.165) is 26.1 Å². The molecule has 3 nitrogen and oxygen atoms in total. The zero-order valence-corrected chi connectivity index (χ0v) is 6.92. The molecule has 0 aromatic rings. The van der Waals surface area contributed by atoms with Crippen LogP contribution in [0.15, 0.2) is 0 Å². The number of hydrogen-bond acceptors (Lipinski definition) is 3. The van der Waals surface area contributed by atoms with Gasteiger partial charge < -0.3 is 14.9 Å². The Balaban J connectivity index is 2.37. The lowest BCUT2D eigenvalue weighted by Gasteiger charge is -2.33. The van der Waals surface area contributed by atoms with Crippen molar-refractivity contribution < 1.29 is 14.9 Å². The molecule has 66 valence electrons. The first-order chi connectivity index (χ1) is 5.12. The maximum atomic E-state index is 8.78. The third kappa shape index (κ3) is 2.77. The Bertz CT molecular complexity index is 117. The van der Waals surface area contributed by atoms with E-state index in [9.17, 15) is 0 Å². The van der Waals surface area contributed by atoms with Crippen LogP contribution >= 0.6 is 0 Å². The van der Waals surface area contributed by atoms with Crippen LogP contribution in [-0.4, -0.2) is 29.7 Å². The minimum Gasteiger partial charge on any atom is -0.381 e. The minimum absolute atomic E-state index is 0.0758. The summed E-state index contributed by atoms with van der Waals surface area (Å²) in [7, 11) is 0. The number of ether oxygens (including phenoxy) is 1. The van der Waals surface area contributed by atoms with Gasteiger partial charge in [-0.1, -0.05) is 6.92 Å². The molecule has 0 aromatic carbocycles. The molecule has 2 N–H and O–H groups in total. The Hall–Kier alpha value is -0.120. The fourth-order valence-electron chi connectivity index (χ4n) is 1.51.